The van der Waals surface area contributed by atoms with Crippen molar-refractivity contribution in [1.29, 1.82) is 0 Å². The van der Waals surface area contributed by atoms with Gasteiger partial charge in [-0.05, 0) is 20.3 Å². The molecule has 0 radical (unpaired) electrons. The molecule has 2 rings (SSSR count). The molecule has 0 aromatic rings. The molecule has 0 aromatic heterocycles. The lowest BCUT2D eigenvalue weighted by Gasteiger charge is -2.23. The lowest BCUT2D eigenvalue weighted by Crippen LogP contribution is -2.42. The topological polar surface area (TPSA) is 49.9 Å². The Morgan fingerprint density at radius 3 is 2.60 bits per heavy atom. The molecule has 0 aliphatic carbocycles. The molecule has 0 aromatic carbocycles. The molecule has 0 bridgehead atoms. The van der Waals surface area contributed by atoms with Crippen LogP contribution >= 0.6 is 0 Å². The lowest BCUT2D eigenvalue weighted by molar-refractivity contribution is -0.126. The van der Waals surface area contributed by atoms with Crippen molar-refractivity contribution in [2.45, 2.75) is 32.4 Å². The zero-order valence-corrected chi connectivity index (χ0v) is 9.10. The van der Waals surface area contributed by atoms with Crippen molar-refractivity contribution in [1.82, 2.24) is 9.80 Å². The third kappa shape index (κ3) is 1.71. The number of amides is 3. The van der Waals surface area contributed by atoms with E-state index in [1.165, 1.54) is 4.90 Å². The highest BCUT2D eigenvalue weighted by atomic mass is 16.5. The predicted octanol–water partition coefficient (Wildman–Crippen LogP) is 0.448. The van der Waals surface area contributed by atoms with Gasteiger partial charge < -0.3 is 9.64 Å². The monoisotopic (exact) mass is 212 g/mol. The molecule has 2 saturated heterocycles. The summed E-state index contributed by atoms with van der Waals surface area (Å²) in [5, 5.41) is 0. The van der Waals surface area contributed by atoms with E-state index in [1.807, 2.05) is 13.8 Å². The summed E-state index contributed by atoms with van der Waals surface area (Å²) in [5.41, 5.74) is 0. The molecule has 2 fully saturated rings. The van der Waals surface area contributed by atoms with Crippen molar-refractivity contribution in [3.63, 3.8) is 0 Å². The predicted molar refractivity (Wildman–Crippen MR) is 53.3 cm³/mol. The van der Waals surface area contributed by atoms with Crippen LogP contribution in [0.15, 0.2) is 0 Å². The Labute approximate surface area is 89.0 Å². The molecule has 1 unspecified atom stereocenters. The normalized spacial score (nSPS) is 27.3. The number of urea groups is 1. The summed E-state index contributed by atoms with van der Waals surface area (Å²) >= 11 is 0. The second-order valence-electron chi connectivity index (χ2n) is 4.29. The highest BCUT2D eigenvalue weighted by Crippen LogP contribution is 2.21. The molecule has 2 aliphatic heterocycles. The molecule has 2 heterocycles. The smallest absolute Gasteiger partial charge is 0.327 e. The molecular formula is C10H16N2O3. The van der Waals surface area contributed by atoms with Crippen LogP contribution in [0.1, 0.15) is 20.3 Å². The summed E-state index contributed by atoms with van der Waals surface area (Å²) in [6.07, 6.45) is 0.767. The van der Waals surface area contributed by atoms with Crippen LogP contribution in [0.25, 0.3) is 0 Å². The van der Waals surface area contributed by atoms with Gasteiger partial charge in [-0.15, -0.1) is 0 Å². The van der Waals surface area contributed by atoms with E-state index in [-0.39, 0.29) is 30.6 Å². The fourth-order valence-corrected chi connectivity index (χ4v) is 2.02. The summed E-state index contributed by atoms with van der Waals surface area (Å²) in [7, 11) is 0. The molecular weight excluding hydrogens is 196 g/mol. The summed E-state index contributed by atoms with van der Waals surface area (Å²) < 4.78 is 5.20. The lowest BCUT2D eigenvalue weighted by atomic mass is 10.2. The zero-order valence-electron chi connectivity index (χ0n) is 9.10. The first-order valence-corrected chi connectivity index (χ1v) is 5.31. The number of rotatable bonds is 2. The minimum Gasteiger partial charge on any atom is -0.379 e. The van der Waals surface area contributed by atoms with Gasteiger partial charge in [-0.2, -0.15) is 0 Å². The molecule has 3 amide bonds. The van der Waals surface area contributed by atoms with E-state index >= 15 is 0 Å². The van der Waals surface area contributed by atoms with Crippen molar-refractivity contribution in [3.05, 3.63) is 0 Å². The van der Waals surface area contributed by atoms with Crippen molar-refractivity contribution in [2.24, 2.45) is 0 Å². The number of hydrogen-bond acceptors (Lipinski definition) is 3. The van der Waals surface area contributed by atoms with Gasteiger partial charge in [-0.25, -0.2) is 4.79 Å². The average Bonchev–Trinajstić information content (AvgIpc) is 2.73. The third-order valence-corrected chi connectivity index (χ3v) is 2.92. The maximum atomic E-state index is 11.9. The van der Waals surface area contributed by atoms with Gasteiger partial charge in [0.2, 0.25) is 0 Å². The van der Waals surface area contributed by atoms with E-state index in [0.717, 1.165) is 6.42 Å². The highest BCUT2D eigenvalue weighted by molar-refractivity contribution is 6.02. The van der Waals surface area contributed by atoms with Gasteiger partial charge in [-0.1, -0.05) is 0 Å². The van der Waals surface area contributed by atoms with Gasteiger partial charge >= 0.3 is 6.03 Å². The minimum absolute atomic E-state index is 0.0475. The Hall–Kier alpha value is -1.10. The SMILES string of the molecule is CC(C)N1CC(=O)N(C2CCOC2)C1=O. The van der Waals surface area contributed by atoms with Crippen LogP contribution in [0.2, 0.25) is 0 Å². The van der Waals surface area contributed by atoms with Crippen LogP contribution < -0.4 is 0 Å². The summed E-state index contributed by atoms with van der Waals surface area (Å²) in [6, 6.07) is -0.131. The van der Waals surface area contributed by atoms with Crippen LogP contribution in [0.5, 0.6) is 0 Å². The van der Waals surface area contributed by atoms with E-state index in [2.05, 4.69) is 0 Å². The molecule has 0 spiro atoms. The van der Waals surface area contributed by atoms with Crippen LogP contribution in [0.3, 0.4) is 0 Å². The Balaban J connectivity index is 2.12. The molecule has 15 heavy (non-hydrogen) atoms. The van der Waals surface area contributed by atoms with E-state index in [0.29, 0.717) is 13.2 Å². The summed E-state index contributed by atoms with van der Waals surface area (Å²) in [4.78, 5) is 26.6. The molecule has 0 N–H and O–H groups in total. The van der Waals surface area contributed by atoms with Gasteiger partial charge in [0.25, 0.3) is 5.91 Å². The highest BCUT2D eigenvalue weighted by Gasteiger charge is 2.42. The van der Waals surface area contributed by atoms with Gasteiger partial charge in [0, 0.05) is 12.6 Å². The number of ether oxygens (including phenoxy) is 1. The second-order valence-corrected chi connectivity index (χ2v) is 4.29. The Morgan fingerprint density at radius 2 is 2.13 bits per heavy atom. The van der Waals surface area contributed by atoms with Crippen LogP contribution in [-0.4, -0.2) is 53.6 Å². The standard InChI is InChI=1S/C10H16N2O3/c1-7(2)11-5-9(13)12(10(11)14)8-3-4-15-6-8/h7-8H,3-6H2,1-2H3. The summed E-state index contributed by atoms with van der Waals surface area (Å²) in [5.74, 6) is -0.0933. The minimum atomic E-state index is -0.162. The van der Waals surface area contributed by atoms with Crippen molar-refractivity contribution >= 4 is 11.9 Å². The average molecular weight is 212 g/mol. The largest absolute Gasteiger partial charge is 0.379 e. The maximum absolute atomic E-state index is 11.9. The zero-order chi connectivity index (χ0) is 11.0. The van der Waals surface area contributed by atoms with Crippen molar-refractivity contribution < 1.29 is 14.3 Å². The second kappa shape index (κ2) is 3.81. The fourth-order valence-electron chi connectivity index (χ4n) is 2.02. The van der Waals surface area contributed by atoms with Crippen LogP contribution in [-0.2, 0) is 9.53 Å². The van der Waals surface area contributed by atoms with Gasteiger partial charge in [-0.3, -0.25) is 9.69 Å². The molecule has 1 atom stereocenters. The molecule has 0 saturated carbocycles. The number of carbonyl (C=O) groups excluding carboxylic acids is 2. The maximum Gasteiger partial charge on any atom is 0.327 e. The Kier molecular flexibility index (Phi) is 2.65. The first kappa shape index (κ1) is 10.4. The number of hydrogen-bond donors (Lipinski definition) is 0. The molecule has 5 nitrogen and oxygen atoms in total. The first-order chi connectivity index (χ1) is 7.11. The van der Waals surface area contributed by atoms with Crippen LogP contribution in [0.4, 0.5) is 4.79 Å². The quantitative estimate of drug-likeness (QED) is 0.624. The number of imide groups is 1. The van der Waals surface area contributed by atoms with Gasteiger partial charge in [0.05, 0.1) is 12.6 Å². The van der Waals surface area contributed by atoms with Crippen LogP contribution in [0, 0.1) is 0 Å². The molecule has 5 heteroatoms. The van der Waals surface area contributed by atoms with E-state index < -0.39 is 0 Å². The fraction of sp³-hybridized carbons (Fsp3) is 0.800. The number of carbonyl (C=O) groups is 2. The van der Waals surface area contributed by atoms with E-state index in [4.69, 9.17) is 4.74 Å². The van der Waals surface area contributed by atoms with E-state index in [1.54, 1.807) is 4.90 Å². The number of nitrogens with zero attached hydrogens (tertiary/aromatic N) is 2. The summed E-state index contributed by atoms with van der Waals surface area (Å²) in [6.45, 7) is 5.18. The third-order valence-electron chi connectivity index (χ3n) is 2.92. The Morgan fingerprint density at radius 1 is 1.40 bits per heavy atom. The van der Waals surface area contributed by atoms with E-state index in [9.17, 15) is 9.59 Å². The van der Waals surface area contributed by atoms with Gasteiger partial charge in [0.15, 0.2) is 0 Å². The van der Waals surface area contributed by atoms with Crippen molar-refractivity contribution in [3.8, 4) is 0 Å². The Bertz CT molecular complexity index is 284. The first-order valence-electron chi connectivity index (χ1n) is 5.31. The van der Waals surface area contributed by atoms with Crippen molar-refractivity contribution in [2.75, 3.05) is 19.8 Å². The molecule has 84 valence electrons. The van der Waals surface area contributed by atoms with Gasteiger partial charge in [0.1, 0.15) is 6.54 Å². The molecule has 2 aliphatic rings.